The van der Waals surface area contributed by atoms with Gasteiger partial charge in [-0.05, 0) is 13.8 Å². The molecule has 0 fully saturated rings. The highest BCUT2D eigenvalue weighted by Gasteiger charge is 2.08. The Hall–Kier alpha value is -0.340. The third kappa shape index (κ3) is 4.18. The number of hydrogen-bond donors (Lipinski definition) is 2. The molecule has 9 heavy (non-hydrogen) atoms. The molecule has 0 aromatic heterocycles. The van der Waals surface area contributed by atoms with E-state index in [1.165, 1.54) is 0 Å². The van der Waals surface area contributed by atoms with Crippen LogP contribution in [0.3, 0.4) is 0 Å². The topological polar surface area (TPSA) is 38.0 Å². The molecule has 0 aliphatic carbocycles. The lowest BCUT2D eigenvalue weighted by Crippen LogP contribution is -2.39. The number of nitrogens with two attached hydrogens (primary N) is 1. The third-order valence-corrected chi connectivity index (χ3v) is 1.24. The fourth-order valence-electron chi connectivity index (χ4n) is 0.467. The van der Waals surface area contributed by atoms with Gasteiger partial charge in [-0.25, -0.2) is 0 Å². The van der Waals surface area contributed by atoms with E-state index in [9.17, 15) is 0 Å². The van der Waals surface area contributed by atoms with E-state index < -0.39 is 0 Å². The molecule has 3 N–H and O–H groups in total. The Kier molecular flexibility index (Phi) is 3.50. The fourth-order valence-corrected chi connectivity index (χ4v) is 0.467. The molecule has 0 amide bonds. The lowest BCUT2D eigenvalue weighted by Gasteiger charge is -2.20. The van der Waals surface area contributed by atoms with Crippen LogP contribution in [0, 0.1) is 0 Å². The molecular weight excluding hydrogens is 112 g/mol. The second kappa shape index (κ2) is 3.64. The van der Waals surface area contributed by atoms with E-state index >= 15 is 0 Å². The molecule has 0 spiro atoms. The minimum atomic E-state index is 0.0272. The lowest BCUT2D eigenvalue weighted by molar-refractivity contribution is 0.483. The SMILES string of the molecule is C=CC(C)(C)NCCN. The van der Waals surface area contributed by atoms with Crippen LogP contribution in [0.15, 0.2) is 12.7 Å². The Balaban J connectivity index is 3.45. The highest BCUT2D eigenvalue weighted by molar-refractivity contribution is 4.94. The maximum Gasteiger partial charge on any atom is 0.0305 e. The predicted octanol–water partition coefficient (Wildman–Crippen LogP) is 0.499. The van der Waals surface area contributed by atoms with Crippen LogP contribution in [0.25, 0.3) is 0 Å². The first kappa shape index (κ1) is 8.66. The molecule has 0 aromatic rings. The van der Waals surface area contributed by atoms with Crippen LogP contribution in [-0.2, 0) is 0 Å². The van der Waals surface area contributed by atoms with Crippen LogP contribution in [0.5, 0.6) is 0 Å². The summed E-state index contributed by atoms with van der Waals surface area (Å²) in [4.78, 5) is 0. The van der Waals surface area contributed by atoms with E-state index in [0.717, 1.165) is 6.54 Å². The highest BCUT2D eigenvalue weighted by atomic mass is 15.0. The van der Waals surface area contributed by atoms with Crippen LogP contribution >= 0.6 is 0 Å². The van der Waals surface area contributed by atoms with Gasteiger partial charge >= 0.3 is 0 Å². The van der Waals surface area contributed by atoms with Crippen molar-refractivity contribution in [1.29, 1.82) is 0 Å². The Morgan fingerprint density at radius 1 is 1.67 bits per heavy atom. The van der Waals surface area contributed by atoms with Crippen molar-refractivity contribution in [2.24, 2.45) is 5.73 Å². The molecule has 0 aliphatic rings. The molecule has 0 saturated carbocycles. The molecule has 2 heteroatoms. The summed E-state index contributed by atoms with van der Waals surface area (Å²) in [6, 6.07) is 0. The minimum absolute atomic E-state index is 0.0272. The summed E-state index contributed by atoms with van der Waals surface area (Å²) in [6.07, 6.45) is 1.88. The molecule has 0 saturated heterocycles. The van der Waals surface area contributed by atoms with Crippen LogP contribution in [0.1, 0.15) is 13.8 Å². The van der Waals surface area contributed by atoms with Crippen molar-refractivity contribution in [3.05, 3.63) is 12.7 Å². The van der Waals surface area contributed by atoms with E-state index in [-0.39, 0.29) is 5.54 Å². The Morgan fingerprint density at radius 2 is 2.22 bits per heavy atom. The first-order chi connectivity index (χ1) is 4.12. The molecule has 0 aliphatic heterocycles. The van der Waals surface area contributed by atoms with Gasteiger partial charge in [0.15, 0.2) is 0 Å². The largest absolute Gasteiger partial charge is 0.329 e. The third-order valence-electron chi connectivity index (χ3n) is 1.24. The van der Waals surface area contributed by atoms with E-state index in [4.69, 9.17) is 5.73 Å². The van der Waals surface area contributed by atoms with Crippen molar-refractivity contribution in [2.75, 3.05) is 13.1 Å². The number of rotatable bonds is 4. The highest BCUT2D eigenvalue weighted by Crippen LogP contribution is 2.00. The zero-order valence-corrected chi connectivity index (χ0v) is 6.28. The van der Waals surface area contributed by atoms with Crippen molar-refractivity contribution in [2.45, 2.75) is 19.4 Å². The van der Waals surface area contributed by atoms with Gasteiger partial charge in [-0.3, -0.25) is 0 Å². The molecule has 0 heterocycles. The van der Waals surface area contributed by atoms with Crippen molar-refractivity contribution in [3.8, 4) is 0 Å². The van der Waals surface area contributed by atoms with Crippen LogP contribution < -0.4 is 11.1 Å². The molecule has 54 valence electrons. The summed E-state index contributed by atoms with van der Waals surface area (Å²) in [5.74, 6) is 0. The normalized spacial score (nSPS) is 11.4. The van der Waals surface area contributed by atoms with Gasteiger partial charge in [0.25, 0.3) is 0 Å². The van der Waals surface area contributed by atoms with Crippen LogP contribution in [0.4, 0.5) is 0 Å². The maximum absolute atomic E-state index is 5.29. The van der Waals surface area contributed by atoms with Gasteiger partial charge in [0.1, 0.15) is 0 Å². The smallest absolute Gasteiger partial charge is 0.0305 e. The molecule has 0 atom stereocenters. The molecule has 0 aromatic carbocycles. The monoisotopic (exact) mass is 128 g/mol. The fraction of sp³-hybridized carbons (Fsp3) is 0.714. The van der Waals surface area contributed by atoms with Crippen molar-refractivity contribution >= 4 is 0 Å². The summed E-state index contributed by atoms with van der Waals surface area (Å²) in [7, 11) is 0. The molecule has 0 rings (SSSR count). The summed E-state index contributed by atoms with van der Waals surface area (Å²) in [5.41, 5.74) is 5.32. The average molecular weight is 128 g/mol. The van der Waals surface area contributed by atoms with E-state index in [1.54, 1.807) is 0 Å². The molecule has 0 radical (unpaired) electrons. The van der Waals surface area contributed by atoms with Crippen molar-refractivity contribution in [3.63, 3.8) is 0 Å². The van der Waals surface area contributed by atoms with Crippen LogP contribution in [-0.4, -0.2) is 18.6 Å². The number of nitrogens with one attached hydrogen (secondary N) is 1. The van der Waals surface area contributed by atoms with Gasteiger partial charge in [0.2, 0.25) is 0 Å². The number of hydrogen-bond acceptors (Lipinski definition) is 2. The summed E-state index contributed by atoms with van der Waals surface area (Å²) in [6.45, 7) is 9.34. The van der Waals surface area contributed by atoms with Crippen molar-refractivity contribution in [1.82, 2.24) is 5.32 Å². The summed E-state index contributed by atoms with van der Waals surface area (Å²) >= 11 is 0. The van der Waals surface area contributed by atoms with Gasteiger partial charge in [0.05, 0.1) is 0 Å². The predicted molar refractivity (Wildman–Crippen MR) is 41.3 cm³/mol. The lowest BCUT2D eigenvalue weighted by atomic mass is 10.1. The molecular formula is C7H16N2. The van der Waals surface area contributed by atoms with Gasteiger partial charge in [-0.15, -0.1) is 6.58 Å². The van der Waals surface area contributed by atoms with E-state index in [2.05, 4.69) is 25.7 Å². The van der Waals surface area contributed by atoms with Crippen LogP contribution in [0.2, 0.25) is 0 Å². The molecule has 0 bridgehead atoms. The quantitative estimate of drug-likeness (QED) is 0.541. The maximum atomic E-state index is 5.29. The molecule has 0 unspecified atom stereocenters. The minimum Gasteiger partial charge on any atom is -0.329 e. The Bertz CT molecular complexity index is 86.9. The first-order valence-corrected chi connectivity index (χ1v) is 3.21. The second-order valence-corrected chi connectivity index (χ2v) is 2.64. The van der Waals surface area contributed by atoms with Gasteiger partial charge in [0, 0.05) is 18.6 Å². The summed E-state index contributed by atoms with van der Waals surface area (Å²) < 4.78 is 0. The van der Waals surface area contributed by atoms with E-state index in [1.807, 2.05) is 6.08 Å². The van der Waals surface area contributed by atoms with Gasteiger partial charge < -0.3 is 11.1 Å². The first-order valence-electron chi connectivity index (χ1n) is 3.21. The second-order valence-electron chi connectivity index (χ2n) is 2.64. The molecule has 2 nitrogen and oxygen atoms in total. The van der Waals surface area contributed by atoms with Gasteiger partial charge in [-0.2, -0.15) is 0 Å². The zero-order chi connectivity index (χ0) is 7.33. The van der Waals surface area contributed by atoms with Crippen molar-refractivity contribution < 1.29 is 0 Å². The van der Waals surface area contributed by atoms with E-state index in [0.29, 0.717) is 6.54 Å². The Morgan fingerprint density at radius 3 is 2.56 bits per heavy atom. The average Bonchev–Trinajstić information content (AvgIpc) is 1.84. The summed E-state index contributed by atoms with van der Waals surface area (Å²) in [5, 5.41) is 3.22. The zero-order valence-electron chi connectivity index (χ0n) is 6.28. The standard InChI is InChI=1S/C7H16N2/c1-4-7(2,3)9-6-5-8/h4,9H,1,5-6,8H2,2-3H3. The Labute approximate surface area is 57.1 Å². The van der Waals surface area contributed by atoms with Gasteiger partial charge in [-0.1, -0.05) is 6.08 Å².